The monoisotopic (exact) mass is 337 g/mol. The molecule has 2 atom stereocenters. The SMILES string of the molecule is CCn1nccc1C(C)NC(=O)C(C)Cn1nc(C)c(Cl)c1C. The van der Waals surface area contributed by atoms with Crippen LogP contribution in [0.2, 0.25) is 5.02 Å². The van der Waals surface area contributed by atoms with Gasteiger partial charge < -0.3 is 5.32 Å². The molecule has 0 radical (unpaired) electrons. The van der Waals surface area contributed by atoms with Crippen LogP contribution in [0.1, 0.15) is 43.9 Å². The summed E-state index contributed by atoms with van der Waals surface area (Å²) in [7, 11) is 0. The molecule has 0 fully saturated rings. The first kappa shape index (κ1) is 17.5. The number of rotatable bonds is 6. The van der Waals surface area contributed by atoms with Crippen molar-refractivity contribution in [2.75, 3.05) is 0 Å². The molecule has 2 aromatic rings. The van der Waals surface area contributed by atoms with Gasteiger partial charge in [-0.15, -0.1) is 0 Å². The Kier molecular flexibility index (Phi) is 5.46. The molecule has 126 valence electrons. The topological polar surface area (TPSA) is 64.7 Å². The molecule has 0 aliphatic carbocycles. The van der Waals surface area contributed by atoms with Crippen LogP contribution < -0.4 is 5.32 Å². The van der Waals surface area contributed by atoms with Gasteiger partial charge in [-0.25, -0.2) is 0 Å². The van der Waals surface area contributed by atoms with E-state index in [4.69, 9.17) is 11.6 Å². The highest BCUT2D eigenvalue weighted by atomic mass is 35.5. The second-order valence-electron chi connectivity index (χ2n) is 5.87. The summed E-state index contributed by atoms with van der Waals surface area (Å²) in [6, 6.07) is 1.84. The van der Waals surface area contributed by atoms with Gasteiger partial charge in [0.1, 0.15) is 0 Å². The summed E-state index contributed by atoms with van der Waals surface area (Å²) >= 11 is 6.15. The number of aromatic nitrogens is 4. The Morgan fingerprint density at radius 3 is 2.61 bits per heavy atom. The molecular formula is C16H24ClN5O. The average Bonchev–Trinajstić information content (AvgIpc) is 3.08. The van der Waals surface area contributed by atoms with Crippen LogP contribution in [0.3, 0.4) is 0 Å². The minimum Gasteiger partial charge on any atom is -0.348 e. The van der Waals surface area contributed by atoms with Crippen molar-refractivity contribution in [3.63, 3.8) is 0 Å². The number of nitrogens with zero attached hydrogens (tertiary/aromatic N) is 4. The molecule has 2 heterocycles. The lowest BCUT2D eigenvalue weighted by atomic mass is 10.1. The van der Waals surface area contributed by atoms with Crippen LogP contribution in [-0.4, -0.2) is 25.5 Å². The molecule has 0 aliphatic heterocycles. The molecular weight excluding hydrogens is 314 g/mol. The maximum Gasteiger partial charge on any atom is 0.225 e. The Bertz CT molecular complexity index is 691. The highest BCUT2D eigenvalue weighted by Crippen LogP contribution is 2.20. The van der Waals surface area contributed by atoms with Gasteiger partial charge in [-0.3, -0.25) is 14.2 Å². The van der Waals surface area contributed by atoms with E-state index in [1.807, 2.05) is 45.4 Å². The molecule has 1 N–H and O–H groups in total. The number of hydrogen-bond acceptors (Lipinski definition) is 3. The second kappa shape index (κ2) is 7.17. The predicted molar refractivity (Wildman–Crippen MR) is 90.3 cm³/mol. The third kappa shape index (κ3) is 3.75. The highest BCUT2D eigenvalue weighted by molar-refractivity contribution is 6.31. The van der Waals surface area contributed by atoms with Crippen LogP contribution in [0, 0.1) is 19.8 Å². The summed E-state index contributed by atoms with van der Waals surface area (Å²) in [5.74, 6) is -0.213. The smallest absolute Gasteiger partial charge is 0.225 e. The molecule has 2 aromatic heterocycles. The van der Waals surface area contributed by atoms with Gasteiger partial charge in [0.2, 0.25) is 5.91 Å². The summed E-state index contributed by atoms with van der Waals surface area (Å²) in [6.45, 7) is 10.9. The van der Waals surface area contributed by atoms with Crippen molar-refractivity contribution < 1.29 is 4.79 Å². The van der Waals surface area contributed by atoms with Crippen molar-refractivity contribution in [3.05, 3.63) is 34.4 Å². The van der Waals surface area contributed by atoms with Crippen LogP contribution in [0.15, 0.2) is 12.3 Å². The highest BCUT2D eigenvalue weighted by Gasteiger charge is 2.20. The lowest BCUT2D eigenvalue weighted by Crippen LogP contribution is -2.34. The molecule has 1 amide bonds. The number of hydrogen-bond donors (Lipinski definition) is 1. The Hall–Kier alpha value is -1.82. The molecule has 7 heteroatoms. The van der Waals surface area contributed by atoms with Gasteiger partial charge in [-0.2, -0.15) is 10.2 Å². The van der Waals surface area contributed by atoms with E-state index in [2.05, 4.69) is 15.5 Å². The molecule has 0 bridgehead atoms. The van der Waals surface area contributed by atoms with Crippen molar-refractivity contribution in [2.24, 2.45) is 5.92 Å². The summed E-state index contributed by atoms with van der Waals surface area (Å²) in [6.07, 6.45) is 1.75. The fraction of sp³-hybridized carbons (Fsp3) is 0.562. The zero-order valence-corrected chi connectivity index (χ0v) is 15.1. The molecule has 23 heavy (non-hydrogen) atoms. The van der Waals surface area contributed by atoms with Crippen molar-refractivity contribution in [1.82, 2.24) is 24.9 Å². The van der Waals surface area contributed by atoms with E-state index >= 15 is 0 Å². The van der Waals surface area contributed by atoms with Gasteiger partial charge in [-0.05, 0) is 33.8 Å². The normalized spacial score (nSPS) is 13.8. The Morgan fingerprint density at radius 2 is 2.04 bits per heavy atom. The minimum atomic E-state index is -0.204. The van der Waals surface area contributed by atoms with Gasteiger partial charge in [-0.1, -0.05) is 18.5 Å². The van der Waals surface area contributed by atoms with Crippen molar-refractivity contribution in [2.45, 2.75) is 53.8 Å². The third-order valence-corrected chi connectivity index (χ3v) is 4.59. The molecule has 0 aromatic carbocycles. The largest absolute Gasteiger partial charge is 0.348 e. The molecule has 0 spiro atoms. The van der Waals surface area contributed by atoms with Crippen LogP contribution in [0.4, 0.5) is 0 Å². The minimum absolute atomic E-state index is 0.00923. The van der Waals surface area contributed by atoms with E-state index in [9.17, 15) is 4.79 Å². The lowest BCUT2D eigenvalue weighted by Gasteiger charge is -2.19. The molecule has 2 rings (SSSR count). The van der Waals surface area contributed by atoms with Gasteiger partial charge >= 0.3 is 0 Å². The predicted octanol–water partition coefficient (Wildman–Crippen LogP) is 2.88. The molecule has 2 unspecified atom stereocenters. The standard InChI is InChI=1S/C16H24ClN5O/c1-6-21-14(7-8-18-21)11(3)19-16(23)10(2)9-22-13(5)15(17)12(4)20-22/h7-8,10-11H,6,9H2,1-5H3,(H,19,23). The summed E-state index contributed by atoms with van der Waals surface area (Å²) in [4.78, 5) is 12.4. The summed E-state index contributed by atoms with van der Waals surface area (Å²) in [5, 5.41) is 12.3. The number of nitrogens with one attached hydrogen (secondary N) is 1. The fourth-order valence-corrected chi connectivity index (χ4v) is 2.74. The van der Waals surface area contributed by atoms with Crippen LogP contribution in [0.5, 0.6) is 0 Å². The third-order valence-electron chi connectivity index (χ3n) is 4.04. The second-order valence-corrected chi connectivity index (χ2v) is 6.25. The van der Waals surface area contributed by atoms with Crippen molar-refractivity contribution in [3.8, 4) is 0 Å². The maximum atomic E-state index is 12.4. The number of halogens is 1. The molecule has 6 nitrogen and oxygen atoms in total. The van der Waals surface area contributed by atoms with Crippen molar-refractivity contribution >= 4 is 17.5 Å². The van der Waals surface area contributed by atoms with E-state index in [-0.39, 0.29) is 17.9 Å². The Labute approximate surface area is 141 Å². The van der Waals surface area contributed by atoms with Crippen molar-refractivity contribution in [1.29, 1.82) is 0 Å². The number of aryl methyl sites for hydroxylation is 2. The average molecular weight is 338 g/mol. The van der Waals surface area contributed by atoms with Crippen LogP contribution >= 0.6 is 11.6 Å². The number of carbonyl (C=O) groups is 1. The number of amides is 1. The van der Waals surface area contributed by atoms with Gasteiger partial charge in [0.05, 0.1) is 40.6 Å². The molecule has 0 aliphatic rings. The van der Waals surface area contributed by atoms with Gasteiger partial charge in [0.25, 0.3) is 0 Å². The summed E-state index contributed by atoms with van der Waals surface area (Å²) in [5.41, 5.74) is 2.68. The first-order valence-electron chi connectivity index (χ1n) is 7.86. The quantitative estimate of drug-likeness (QED) is 0.881. The summed E-state index contributed by atoms with van der Waals surface area (Å²) < 4.78 is 3.68. The van der Waals surface area contributed by atoms with E-state index in [0.29, 0.717) is 11.6 Å². The number of carbonyl (C=O) groups excluding carboxylic acids is 1. The zero-order valence-electron chi connectivity index (χ0n) is 14.3. The molecule has 0 saturated heterocycles. The zero-order chi connectivity index (χ0) is 17.1. The van der Waals surface area contributed by atoms with Crippen LogP contribution in [-0.2, 0) is 17.9 Å². The van der Waals surface area contributed by atoms with Gasteiger partial charge in [0.15, 0.2) is 0 Å². The van der Waals surface area contributed by atoms with E-state index in [1.165, 1.54) is 0 Å². The maximum absolute atomic E-state index is 12.4. The fourth-order valence-electron chi connectivity index (χ4n) is 2.60. The van der Waals surface area contributed by atoms with E-state index in [1.54, 1.807) is 10.9 Å². The Morgan fingerprint density at radius 1 is 1.35 bits per heavy atom. The Balaban J connectivity index is 2.01. The van der Waals surface area contributed by atoms with Crippen LogP contribution in [0.25, 0.3) is 0 Å². The van der Waals surface area contributed by atoms with E-state index < -0.39 is 0 Å². The van der Waals surface area contributed by atoms with E-state index in [0.717, 1.165) is 23.6 Å². The first-order valence-corrected chi connectivity index (χ1v) is 8.24. The molecule has 0 saturated carbocycles. The lowest BCUT2D eigenvalue weighted by molar-refractivity contribution is -0.125. The van der Waals surface area contributed by atoms with Gasteiger partial charge in [0, 0.05) is 12.7 Å². The first-order chi connectivity index (χ1) is 10.8.